The van der Waals surface area contributed by atoms with E-state index in [9.17, 15) is 4.79 Å². The van der Waals surface area contributed by atoms with E-state index in [4.69, 9.17) is 0 Å². The first-order valence-corrected chi connectivity index (χ1v) is 8.21. The molecule has 0 saturated heterocycles. The minimum absolute atomic E-state index is 0.295. The van der Waals surface area contributed by atoms with Gasteiger partial charge >= 0.3 is 0 Å². The minimum Gasteiger partial charge on any atom is -0.300 e. The van der Waals surface area contributed by atoms with E-state index in [1.807, 2.05) is 0 Å². The number of unbranched alkanes of at least 4 members (excludes halogenated alkanes) is 2. The van der Waals surface area contributed by atoms with Crippen molar-refractivity contribution in [1.29, 1.82) is 0 Å². The Balaban J connectivity index is 0. The van der Waals surface area contributed by atoms with Gasteiger partial charge in [0.25, 0.3) is 0 Å². The first-order chi connectivity index (χ1) is 9.56. The summed E-state index contributed by atoms with van der Waals surface area (Å²) in [6.45, 7) is 14.5. The topological polar surface area (TPSA) is 17.1 Å². The number of Topliss-reactive ketones (excluding diaryl/α,β-unsaturated/α-hetero) is 1. The van der Waals surface area contributed by atoms with Crippen molar-refractivity contribution in [2.75, 3.05) is 0 Å². The summed E-state index contributed by atoms with van der Waals surface area (Å²) in [5.41, 5.74) is 1.46. The normalized spacial score (nSPS) is 12.5. The zero-order valence-corrected chi connectivity index (χ0v) is 14.3. The molecule has 0 amide bonds. The molecule has 0 aromatic rings. The van der Waals surface area contributed by atoms with E-state index < -0.39 is 0 Å². The van der Waals surface area contributed by atoms with Gasteiger partial charge in [0.2, 0.25) is 0 Å². The number of hydrogen-bond acceptors (Lipinski definition) is 1. The summed E-state index contributed by atoms with van der Waals surface area (Å²) in [6, 6.07) is 0. The predicted molar refractivity (Wildman–Crippen MR) is 92.1 cm³/mol. The molecule has 1 unspecified atom stereocenters. The van der Waals surface area contributed by atoms with E-state index in [1.165, 1.54) is 50.5 Å². The molecule has 0 spiro atoms. The molecule has 1 heteroatoms. The molecular formula is C19H36O. The van der Waals surface area contributed by atoms with Crippen LogP contribution in [-0.2, 0) is 4.79 Å². The first-order valence-electron chi connectivity index (χ1n) is 8.21. The van der Waals surface area contributed by atoms with Crippen LogP contribution in [0.25, 0.3) is 0 Å². The largest absolute Gasteiger partial charge is 0.300 e. The number of allylic oxidation sites excluding steroid dienone is 2. The van der Waals surface area contributed by atoms with E-state index in [1.54, 1.807) is 6.92 Å². The van der Waals surface area contributed by atoms with Crippen molar-refractivity contribution in [3.63, 3.8) is 0 Å². The van der Waals surface area contributed by atoms with Crippen LogP contribution in [0.5, 0.6) is 0 Å². The molecule has 0 rings (SSSR count). The summed E-state index contributed by atoms with van der Waals surface area (Å²) in [6.07, 6.45) is 13.2. The Kier molecular flexibility index (Phi) is 17.4. The smallest absolute Gasteiger partial charge is 0.130 e. The van der Waals surface area contributed by atoms with E-state index in [2.05, 4.69) is 40.0 Å². The maximum Gasteiger partial charge on any atom is 0.130 e. The van der Waals surface area contributed by atoms with Crippen molar-refractivity contribution in [3.8, 4) is 0 Å². The van der Waals surface area contributed by atoms with Crippen LogP contribution in [0.15, 0.2) is 24.8 Å². The van der Waals surface area contributed by atoms with E-state index in [0.29, 0.717) is 12.2 Å². The van der Waals surface area contributed by atoms with Gasteiger partial charge in [-0.2, -0.15) is 0 Å². The molecule has 1 nitrogen and oxygen atoms in total. The van der Waals surface area contributed by atoms with E-state index in [-0.39, 0.29) is 0 Å². The van der Waals surface area contributed by atoms with Crippen molar-refractivity contribution in [3.05, 3.63) is 24.8 Å². The molecule has 0 aliphatic carbocycles. The van der Waals surface area contributed by atoms with E-state index >= 15 is 0 Å². The second-order valence-electron chi connectivity index (χ2n) is 5.78. The average molecular weight is 280 g/mol. The highest BCUT2D eigenvalue weighted by molar-refractivity contribution is 5.75. The molecule has 20 heavy (non-hydrogen) atoms. The standard InChI is InChI=1S/C17H32O.C2H4/c1-5-10-15(2)11-7-6-8-12-16(3)13-9-14-17(4)18;1-2/h13,15H,5-12,14H2,1-4H3;1-2H2/b16-13+;. The molecule has 0 aromatic heterocycles. The maximum absolute atomic E-state index is 10.8. The highest BCUT2D eigenvalue weighted by atomic mass is 16.1. The van der Waals surface area contributed by atoms with Gasteiger partial charge in [0, 0.05) is 6.42 Å². The fourth-order valence-electron chi connectivity index (χ4n) is 2.33. The number of rotatable bonds is 11. The molecule has 0 bridgehead atoms. The molecule has 0 fully saturated rings. The van der Waals surface area contributed by atoms with Crippen molar-refractivity contribution >= 4 is 5.78 Å². The van der Waals surface area contributed by atoms with Crippen LogP contribution < -0.4 is 0 Å². The lowest BCUT2D eigenvalue weighted by Crippen LogP contribution is -1.93. The molecule has 0 N–H and O–H groups in total. The van der Waals surface area contributed by atoms with Gasteiger partial charge in [-0.1, -0.05) is 57.6 Å². The Morgan fingerprint density at radius 3 is 2.25 bits per heavy atom. The Morgan fingerprint density at radius 2 is 1.70 bits per heavy atom. The van der Waals surface area contributed by atoms with Crippen LogP contribution in [0.4, 0.5) is 0 Å². The third-order valence-corrected chi connectivity index (χ3v) is 3.54. The van der Waals surface area contributed by atoms with E-state index in [0.717, 1.165) is 12.3 Å². The van der Waals surface area contributed by atoms with Gasteiger partial charge in [-0.05, 0) is 39.0 Å². The van der Waals surface area contributed by atoms with Crippen LogP contribution in [0.3, 0.4) is 0 Å². The molecule has 0 saturated carbocycles. The van der Waals surface area contributed by atoms with Crippen molar-refractivity contribution < 1.29 is 4.79 Å². The summed E-state index contributed by atoms with van der Waals surface area (Å²) in [5, 5.41) is 0. The van der Waals surface area contributed by atoms with Crippen LogP contribution in [0, 0.1) is 5.92 Å². The van der Waals surface area contributed by atoms with Gasteiger partial charge in [0.15, 0.2) is 0 Å². The van der Waals surface area contributed by atoms with Crippen molar-refractivity contribution in [2.24, 2.45) is 5.92 Å². The fourth-order valence-corrected chi connectivity index (χ4v) is 2.33. The van der Waals surface area contributed by atoms with Crippen LogP contribution in [-0.4, -0.2) is 5.78 Å². The highest BCUT2D eigenvalue weighted by Crippen LogP contribution is 2.16. The van der Waals surface area contributed by atoms with Gasteiger partial charge in [-0.3, -0.25) is 0 Å². The number of carbonyl (C=O) groups is 1. The van der Waals surface area contributed by atoms with Crippen molar-refractivity contribution in [1.82, 2.24) is 0 Å². The molecular weight excluding hydrogens is 244 g/mol. The molecule has 0 aliphatic heterocycles. The zero-order chi connectivity index (χ0) is 15.8. The minimum atomic E-state index is 0.295. The lowest BCUT2D eigenvalue weighted by Gasteiger charge is -2.09. The molecule has 0 radical (unpaired) electrons. The Hall–Kier alpha value is -0.850. The summed E-state index contributed by atoms with van der Waals surface area (Å²) < 4.78 is 0. The molecule has 0 heterocycles. The summed E-state index contributed by atoms with van der Waals surface area (Å²) >= 11 is 0. The molecule has 0 aromatic carbocycles. The lowest BCUT2D eigenvalue weighted by atomic mass is 9.97. The van der Waals surface area contributed by atoms with Gasteiger partial charge in [-0.15, -0.1) is 13.2 Å². The Bertz CT molecular complexity index is 252. The summed E-state index contributed by atoms with van der Waals surface area (Å²) in [5.74, 6) is 1.20. The SMILES string of the molecule is C=C.CCCC(C)CCCCC/C(C)=C/CCC(C)=O. The second-order valence-corrected chi connectivity index (χ2v) is 5.78. The Morgan fingerprint density at radius 1 is 1.05 bits per heavy atom. The second kappa shape index (κ2) is 16.2. The van der Waals surface area contributed by atoms with Gasteiger partial charge in [-0.25, -0.2) is 0 Å². The quantitative estimate of drug-likeness (QED) is 0.312. The number of ketones is 1. The van der Waals surface area contributed by atoms with Crippen LogP contribution in [0.1, 0.15) is 85.5 Å². The highest BCUT2D eigenvalue weighted by Gasteiger charge is 2.00. The average Bonchev–Trinajstić information content (AvgIpc) is 2.40. The number of hydrogen-bond donors (Lipinski definition) is 0. The third-order valence-electron chi connectivity index (χ3n) is 3.54. The van der Waals surface area contributed by atoms with Gasteiger partial charge < -0.3 is 4.79 Å². The lowest BCUT2D eigenvalue weighted by molar-refractivity contribution is -0.116. The Labute approximate surface area is 127 Å². The summed E-state index contributed by atoms with van der Waals surface area (Å²) in [4.78, 5) is 10.8. The number of carbonyl (C=O) groups excluding carboxylic acids is 1. The monoisotopic (exact) mass is 280 g/mol. The maximum atomic E-state index is 10.8. The fraction of sp³-hybridized carbons (Fsp3) is 0.737. The van der Waals surface area contributed by atoms with Gasteiger partial charge in [0.1, 0.15) is 5.78 Å². The van der Waals surface area contributed by atoms with Crippen molar-refractivity contribution in [2.45, 2.75) is 85.5 Å². The molecule has 118 valence electrons. The van der Waals surface area contributed by atoms with Crippen LogP contribution in [0.2, 0.25) is 0 Å². The predicted octanol–water partition coefficient (Wildman–Crippen LogP) is 6.49. The molecule has 1 atom stereocenters. The summed E-state index contributed by atoms with van der Waals surface area (Å²) in [7, 11) is 0. The van der Waals surface area contributed by atoms with Crippen LogP contribution >= 0.6 is 0 Å². The van der Waals surface area contributed by atoms with Gasteiger partial charge in [0.05, 0.1) is 0 Å². The first kappa shape index (κ1) is 21.4. The third kappa shape index (κ3) is 17.2. The molecule has 0 aliphatic rings. The zero-order valence-electron chi connectivity index (χ0n) is 14.3.